The van der Waals surface area contributed by atoms with Gasteiger partial charge in [0, 0.05) is 13.1 Å². The summed E-state index contributed by atoms with van der Waals surface area (Å²) < 4.78 is 6.27. The highest BCUT2D eigenvalue weighted by Crippen LogP contribution is 2.35. The number of thiazole rings is 1. The van der Waals surface area contributed by atoms with Gasteiger partial charge in [0.25, 0.3) is 0 Å². The van der Waals surface area contributed by atoms with Crippen LogP contribution in [0.1, 0.15) is 36.7 Å². The summed E-state index contributed by atoms with van der Waals surface area (Å²) in [5.74, 6) is 0. The number of carbonyl (C=O) groups is 1. The smallest absolute Gasteiger partial charge is 0.409 e. The van der Waals surface area contributed by atoms with Gasteiger partial charge in [0.1, 0.15) is 11.6 Å². The summed E-state index contributed by atoms with van der Waals surface area (Å²) in [4.78, 5) is 20.8. The second-order valence-electron chi connectivity index (χ2n) is 6.52. The quantitative estimate of drug-likeness (QED) is 0.829. The Morgan fingerprint density at radius 3 is 2.96 bits per heavy atom. The molecule has 0 N–H and O–H groups in total. The monoisotopic (exact) mass is 345 g/mol. The molecule has 0 bridgehead atoms. The summed E-state index contributed by atoms with van der Waals surface area (Å²) in [6.45, 7) is 4.22. The zero-order valence-corrected chi connectivity index (χ0v) is 14.6. The molecule has 1 atom stereocenters. The molecule has 5 nitrogen and oxygen atoms in total. The molecule has 0 spiro atoms. The van der Waals surface area contributed by atoms with Crippen molar-refractivity contribution in [1.82, 2.24) is 14.8 Å². The Kier molecular flexibility index (Phi) is 4.67. The number of piperidine rings is 1. The Labute approximate surface area is 146 Å². The van der Waals surface area contributed by atoms with E-state index in [-0.39, 0.29) is 6.09 Å². The van der Waals surface area contributed by atoms with Crippen molar-refractivity contribution in [2.75, 3.05) is 32.8 Å². The van der Waals surface area contributed by atoms with Crippen LogP contribution in [0.5, 0.6) is 0 Å². The molecule has 2 aromatic rings. The van der Waals surface area contributed by atoms with Crippen LogP contribution < -0.4 is 0 Å². The van der Waals surface area contributed by atoms with E-state index < -0.39 is 0 Å². The Balaban J connectivity index is 1.41. The summed E-state index contributed by atoms with van der Waals surface area (Å²) in [5, 5.41) is 1.25. The van der Waals surface area contributed by atoms with E-state index in [1.165, 1.54) is 29.0 Å². The highest BCUT2D eigenvalue weighted by Gasteiger charge is 2.27. The molecule has 2 fully saturated rings. The van der Waals surface area contributed by atoms with Crippen LogP contribution in [0.4, 0.5) is 4.79 Å². The first-order chi connectivity index (χ1) is 11.8. The summed E-state index contributed by atoms with van der Waals surface area (Å²) in [6, 6.07) is 8.82. The number of hydrogen-bond acceptors (Lipinski definition) is 5. The third kappa shape index (κ3) is 3.26. The van der Waals surface area contributed by atoms with E-state index >= 15 is 0 Å². The number of cyclic esters (lactones) is 1. The van der Waals surface area contributed by atoms with Gasteiger partial charge in [0.05, 0.1) is 22.8 Å². The number of likely N-dealkylation sites (tertiary alicyclic amines) is 1. The fraction of sp³-hybridized carbons (Fsp3) is 0.556. The number of fused-ring (bicyclic) bond motifs is 1. The van der Waals surface area contributed by atoms with Crippen molar-refractivity contribution in [3.8, 4) is 0 Å². The standard InChI is InChI=1S/C18H23N3O2S/c22-18-21(12-13-23-18)11-5-10-20-9-4-3-7-15(20)17-19-14-6-1-2-8-16(14)24-17/h1-2,6,8,15H,3-5,7,9-13H2/t15-/m0/s1. The van der Waals surface area contributed by atoms with Crippen LogP contribution in [-0.2, 0) is 4.74 Å². The normalized spacial score (nSPS) is 22.2. The van der Waals surface area contributed by atoms with Gasteiger partial charge >= 0.3 is 6.09 Å². The molecule has 0 radical (unpaired) electrons. The maximum atomic E-state index is 11.5. The molecule has 128 valence electrons. The molecule has 2 aliphatic rings. The topological polar surface area (TPSA) is 45.7 Å². The first kappa shape index (κ1) is 15.8. The molecule has 1 amide bonds. The van der Waals surface area contributed by atoms with Crippen molar-refractivity contribution in [3.05, 3.63) is 29.3 Å². The van der Waals surface area contributed by atoms with E-state index in [4.69, 9.17) is 9.72 Å². The third-order valence-electron chi connectivity index (χ3n) is 4.93. The minimum Gasteiger partial charge on any atom is -0.448 e. The average Bonchev–Trinajstić information content (AvgIpc) is 3.21. The zero-order valence-electron chi connectivity index (χ0n) is 13.8. The van der Waals surface area contributed by atoms with Gasteiger partial charge in [-0.25, -0.2) is 9.78 Å². The van der Waals surface area contributed by atoms with Crippen LogP contribution in [0.2, 0.25) is 0 Å². The van der Waals surface area contributed by atoms with Crippen molar-refractivity contribution in [1.29, 1.82) is 0 Å². The van der Waals surface area contributed by atoms with E-state index in [0.29, 0.717) is 12.6 Å². The lowest BCUT2D eigenvalue weighted by Gasteiger charge is -2.34. The molecule has 1 aromatic heterocycles. The van der Waals surface area contributed by atoms with Gasteiger partial charge in [0.15, 0.2) is 0 Å². The number of rotatable bonds is 5. The number of para-hydroxylation sites is 1. The highest BCUT2D eigenvalue weighted by molar-refractivity contribution is 7.18. The molecule has 1 aromatic carbocycles. The van der Waals surface area contributed by atoms with Crippen molar-refractivity contribution in [3.63, 3.8) is 0 Å². The minimum atomic E-state index is -0.156. The van der Waals surface area contributed by atoms with E-state index in [1.54, 1.807) is 0 Å². The van der Waals surface area contributed by atoms with Crippen LogP contribution in [0.3, 0.4) is 0 Å². The highest BCUT2D eigenvalue weighted by atomic mass is 32.1. The number of amides is 1. The number of ether oxygens (including phenoxy) is 1. The lowest BCUT2D eigenvalue weighted by molar-refractivity contribution is 0.136. The predicted molar refractivity (Wildman–Crippen MR) is 95.3 cm³/mol. The van der Waals surface area contributed by atoms with Crippen molar-refractivity contribution in [2.45, 2.75) is 31.7 Å². The van der Waals surface area contributed by atoms with Crippen LogP contribution in [-0.4, -0.2) is 53.7 Å². The average molecular weight is 345 g/mol. The summed E-state index contributed by atoms with van der Waals surface area (Å²) in [6.07, 6.45) is 4.56. The number of benzene rings is 1. The van der Waals surface area contributed by atoms with Crippen molar-refractivity contribution < 1.29 is 9.53 Å². The lowest BCUT2D eigenvalue weighted by Crippen LogP contribution is -2.36. The first-order valence-corrected chi connectivity index (χ1v) is 9.64. The van der Waals surface area contributed by atoms with Gasteiger partial charge in [-0.15, -0.1) is 11.3 Å². The van der Waals surface area contributed by atoms with Crippen LogP contribution in [0.25, 0.3) is 10.2 Å². The Morgan fingerprint density at radius 2 is 2.12 bits per heavy atom. The Bertz CT molecular complexity index is 684. The summed E-state index contributed by atoms with van der Waals surface area (Å²) >= 11 is 1.83. The molecule has 4 rings (SSSR count). The second-order valence-corrected chi connectivity index (χ2v) is 7.58. The fourth-order valence-corrected chi connectivity index (χ4v) is 4.80. The number of carbonyl (C=O) groups excluding carboxylic acids is 1. The van der Waals surface area contributed by atoms with E-state index in [1.807, 2.05) is 16.2 Å². The summed E-state index contributed by atoms with van der Waals surface area (Å²) in [7, 11) is 0. The minimum absolute atomic E-state index is 0.156. The van der Waals surface area contributed by atoms with Gasteiger partial charge in [-0.2, -0.15) is 0 Å². The van der Waals surface area contributed by atoms with E-state index in [2.05, 4.69) is 29.2 Å². The van der Waals surface area contributed by atoms with E-state index in [9.17, 15) is 4.79 Å². The second kappa shape index (κ2) is 7.07. The molecule has 0 aliphatic carbocycles. The van der Waals surface area contributed by atoms with Gasteiger partial charge in [-0.1, -0.05) is 18.6 Å². The molecule has 2 saturated heterocycles. The zero-order chi connectivity index (χ0) is 16.4. The van der Waals surface area contributed by atoms with Gasteiger partial charge < -0.3 is 9.64 Å². The largest absolute Gasteiger partial charge is 0.448 e. The Hall–Kier alpha value is -1.66. The van der Waals surface area contributed by atoms with Crippen LogP contribution >= 0.6 is 11.3 Å². The van der Waals surface area contributed by atoms with Crippen LogP contribution in [0.15, 0.2) is 24.3 Å². The third-order valence-corrected chi connectivity index (χ3v) is 6.07. The van der Waals surface area contributed by atoms with Crippen molar-refractivity contribution in [2.24, 2.45) is 0 Å². The predicted octanol–water partition coefficient (Wildman–Crippen LogP) is 3.67. The number of nitrogens with zero attached hydrogens (tertiary/aromatic N) is 3. The number of aromatic nitrogens is 1. The Morgan fingerprint density at radius 1 is 1.21 bits per heavy atom. The van der Waals surface area contributed by atoms with Gasteiger partial charge in [-0.3, -0.25) is 4.90 Å². The molecule has 6 heteroatoms. The lowest BCUT2D eigenvalue weighted by atomic mass is 10.0. The molecule has 0 unspecified atom stereocenters. The first-order valence-electron chi connectivity index (χ1n) is 8.82. The number of hydrogen-bond donors (Lipinski definition) is 0. The maximum Gasteiger partial charge on any atom is 0.409 e. The fourth-order valence-electron chi connectivity index (χ4n) is 3.66. The molecular formula is C18H23N3O2S. The molecule has 0 saturated carbocycles. The van der Waals surface area contributed by atoms with Gasteiger partial charge in [-0.05, 0) is 37.9 Å². The van der Waals surface area contributed by atoms with Gasteiger partial charge in [0.2, 0.25) is 0 Å². The van der Waals surface area contributed by atoms with E-state index in [0.717, 1.165) is 38.1 Å². The SMILES string of the molecule is O=C1OCCN1CCCN1CCCC[C@H]1c1nc2ccccc2s1. The molecule has 2 aliphatic heterocycles. The molecule has 3 heterocycles. The van der Waals surface area contributed by atoms with Crippen LogP contribution in [0, 0.1) is 0 Å². The molecular weight excluding hydrogens is 322 g/mol. The van der Waals surface area contributed by atoms with Crippen molar-refractivity contribution >= 4 is 27.6 Å². The molecule has 24 heavy (non-hydrogen) atoms. The summed E-state index contributed by atoms with van der Waals surface area (Å²) in [5.41, 5.74) is 1.11. The maximum absolute atomic E-state index is 11.5.